The molecule has 6 nitrogen and oxygen atoms in total. The average molecular weight is 477 g/mol. The zero-order chi connectivity index (χ0) is 23.9. The Labute approximate surface area is 203 Å². The Hall–Kier alpha value is -2.64. The SMILES string of the molecule is Cc1ccc(O)c2c1[C@]13CC4[C@@H](N4CC4CC4)[C@]1(O)CC[C@@H](N1Cc4ccc(F)cc4C1=O)[C@@H]3O2. The molecule has 3 heterocycles. The predicted molar refractivity (Wildman–Crippen MR) is 125 cm³/mol. The van der Waals surface area contributed by atoms with Crippen LogP contribution in [0.4, 0.5) is 4.39 Å². The monoisotopic (exact) mass is 476 g/mol. The Balaban J connectivity index is 1.23. The molecule has 2 unspecified atom stereocenters. The first kappa shape index (κ1) is 20.5. The lowest BCUT2D eigenvalue weighted by Crippen LogP contribution is -2.68. The number of aryl methyl sites for hydroxylation is 1. The molecule has 0 aromatic heterocycles. The van der Waals surface area contributed by atoms with Crippen LogP contribution in [0.1, 0.15) is 59.2 Å². The van der Waals surface area contributed by atoms with E-state index in [9.17, 15) is 19.4 Å². The summed E-state index contributed by atoms with van der Waals surface area (Å²) in [4.78, 5) is 17.8. The van der Waals surface area contributed by atoms with Gasteiger partial charge < -0.3 is 19.8 Å². The maximum Gasteiger partial charge on any atom is 0.254 e. The standard InChI is InChI=1S/C28H29FN2O4/c1-14-2-7-21(32)23-22(14)27-11-20-24(30(20)12-15-3-4-15)28(27,34)9-8-19(25(27)35-23)31-13-16-5-6-17(29)10-18(16)26(31)33/h2,5-7,10,15,19-20,24-25,32,34H,3-4,8-9,11-13H2,1H3/t19-,20?,24-,25+,27+,28-,30?/m1/s1. The molecule has 1 saturated heterocycles. The Bertz CT molecular complexity index is 1310. The molecule has 3 aliphatic heterocycles. The molecule has 1 spiro atoms. The van der Waals surface area contributed by atoms with E-state index in [4.69, 9.17) is 4.74 Å². The van der Waals surface area contributed by atoms with Gasteiger partial charge in [0.1, 0.15) is 11.9 Å². The third-order valence-corrected chi connectivity index (χ3v) is 10.0. The van der Waals surface area contributed by atoms with E-state index in [1.54, 1.807) is 12.1 Å². The van der Waals surface area contributed by atoms with Crippen LogP contribution in [-0.4, -0.2) is 62.3 Å². The molecule has 3 saturated carbocycles. The lowest BCUT2D eigenvalue weighted by molar-refractivity contribution is -0.127. The minimum absolute atomic E-state index is 0.0870. The van der Waals surface area contributed by atoms with Gasteiger partial charge in [0.25, 0.3) is 5.91 Å². The first-order chi connectivity index (χ1) is 16.8. The zero-order valence-corrected chi connectivity index (χ0v) is 19.7. The average Bonchev–Trinajstić information content (AvgIpc) is 3.68. The molecular formula is C28H29FN2O4. The van der Waals surface area contributed by atoms with Gasteiger partial charge in [-0.3, -0.25) is 9.69 Å². The van der Waals surface area contributed by atoms with E-state index in [0.717, 1.165) is 35.6 Å². The number of likely N-dealkylation sites (tertiary alicyclic amines) is 1. The van der Waals surface area contributed by atoms with Crippen LogP contribution in [0.5, 0.6) is 11.5 Å². The van der Waals surface area contributed by atoms with Gasteiger partial charge in [-0.2, -0.15) is 0 Å². The van der Waals surface area contributed by atoms with Crippen molar-refractivity contribution < 1.29 is 24.1 Å². The highest BCUT2D eigenvalue weighted by atomic mass is 19.1. The summed E-state index contributed by atoms with van der Waals surface area (Å²) < 4.78 is 20.5. The van der Waals surface area contributed by atoms with E-state index in [2.05, 4.69) is 4.90 Å². The van der Waals surface area contributed by atoms with Crippen molar-refractivity contribution in [3.63, 3.8) is 0 Å². The quantitative estimate of drug-likeness (QED) is 0.666. The fourth-order valence-corrected chi connectivity index (χ4v) is 8.35. The number of ether oxygens (including phenoxy) is 1. The third kappa shape index (κ3) is 2.39. The molecule has 2 aromatic rings. The number of halogens is 1. The number of fused-ring (bicyclic) bond motifs is 4. The molecule has 2 N–H and O–H groups in total. The fourth-order valence-electron chi connectivity index (χ4n) is 8.35. The highest BCUT2D eigenvalue weighted by Gasteiger charge is 2.81. The maximum atomic E-state index is 13.9. The van der Waals surface area contributed by atoms with Crippen molar-refractivity contribution in [2.24, 2.45) is 5.92 Å². The van der Waals surface area contributed by atoms with E-state index >= 15 is 0 Å². The second-order valence-corrected chi connectivity index (χ2v) is 11.7. The van der Waals surface area contributed by atoms with Gasteiger partial charge in [-0.25, -0.2) is 4.39 Å². The Kier molecular flexibility index (Phi) is 3.74. The zero-order valence-electron chi connectivity index (χ0n) is 19.7. The number of aromatic hydroxyl groups is 1. The van der Waals surface area contributed by atoms with Gasteiger partial charge in [0.05, 0.1) is 23.1 Å². The molecule has 3 aliphatic carbocycles. The van der Waals surface area contributed by atoms with E-state index in [1.807, 2.05) is 17.9 Å². The van der Waals surface area contributed by atoms with Crippen molar-refractivity contribution >= 4 is 5.91 Å². The Morgan fingerprint density at radius 3 is 2.80 bits per heavy atom. The number of carbonyl (C=O) groups is 1. The molecule has 4 fully saturated rings. The molecule has 0 radical (unpaired) electrons. The Morgan fingerprint density at radius 1 is 1.17 bits per heavy atom. The molecular weight excluding hydrogens is 447 g/mol. The van der Waals surface area contributed by atoms with E-state index in [1.165, 1.54) is 25.0 Å². The first-order valence-corrected chi connectivity index (χ1v) is 12.9. The largest absolute Gasteiger partial charge is 0.504 e. The summed E-state index contributed by atoms with van der Waals surface area (Å²) in [6.07, 6.45) is 4.05. The smallest absolute Gasteiger partial charge is 0.254 e. The predicted octanol–water partition coefficient (Wildman–Crippen LogP) is 3.25. The number of benzene rings is 2. The van der Waals surface area contributed by atoms with Crippen LogP contribution >= 0.6 is 0 Å². The summed E-state index contributed by atoms with van der Waals surface area (Å²) in [7, 11) is 0. The van der Waals surface area contributed by atoms with Crippen LogP contribution in [-0.2, 0) is 12.0 Å². The summed E-state index contributed by atoms with van der Waals surface area (Å²) in [6, 6.07) is 8.13. The number of hydrogen-bond donors (Lipinski definition) is 2. The normalized spacial score (nSPS) is 40.0. The topological polar surface area (TPSA) is 73.0 Å². The first-order valence-electron chi connectivity index (χ1n) is 12.9. The molecule has 0 bridgehead atoms. The number of phenols is 1. The van der Waals surface area contributed by atoms with Crippen molar-refractivity contribution in [1.82, 2.24) is 9.80 Å². The van der Waals surface area contributed by atoms with Crippen molar-refractivity contribution in [2.45, 2.75) is 80.8 Å². The molecule has 8 rings (SSSR count). The summed E-state index contributed by atoms with van der Waals surface area (Å²) in [5, 5.41) is 23.3. The minimum Gasteiger partial charge on any atom is -0.504 e. The minimum atomic E-state index is -0.973. The van der Waals surface area contributed by atoms with Gasteiger partial charge in [-0.1, -0.05) is 12.1 Å². The van der Waals surface area contributed by atoms with Gasteiger partial charge in [0, 0.05) is 30.3 Å². The van der Waals surface area contributed by atoms with E-state index in [0.29, 0.717) is 36.7 Å². The van der Waals surface area contributed by atoms with Crippen LogP contribution in [0.3, 0.4) is 0 Å². The van der Waals surface area contributed by atoms with Crippen molar-refractivity contribution in [1.29, 1.82) is 0 Å². The summed E-state index contributed by atoms with van der Waals surface area (Å²) in [5.74, 6) is 0.718. The van der Waals surface area contributed by atoms with E-state index in [-0.39, 0.29) is 23.7 Å². The summed E-state index contributed by atoms with van der Waals surface area (Å²) in [6.45, 7) is 3.49. The number of amides is 1. The highest BCUT2D eigenvalue weighted by molar-refractivity contribution is 5.98. The van der Waals surface area contributed by atoms with Crippen LogP contribution < -0.4 is 4.74 Å². The van der Waals surface area contributed by atoms with Crippen molar-refractivity contribution in [3.8, 4) is 11.5 Å². The van der Waals surface area contributed by atoms with Crippen LogP contribution in [0.2, 0.25) is 0 Å². The molecule has 7 heteroatoms. The number of phenolic OH excluding ortho intramolecular Hbond substituents is 1. The van der Waals surface area contributed by atoms with Gasteiger partial charge in [0.2, 0.25) is 0 Å². The molecule has 6 aliphatic rings. The molecule has 2 aromatic carbocycles. The number of aliphatic hydroxyl groups is 1. The molecule has 1 amide bonds. The second-order valence-electron chi connectivity index (χ2n) is 11.7. The van der Waals surface area contributed by atoms with Crippen LogP contribution in [0.15, 0.2) is 30.3 Å². The third-order valence-electron chi connectivity index (χ3n) is 10.0. The van der Waals surface area contributed by atoms with Crippen LogP contribution in [0.25, 0.3) is 0 Å². The number of hydrogen-bond acceptors (Lipinski definition) is 5. The van der Waals surface area contributed by atoms with Gasteiger partial charge >= 0.3 is 0 Å². The number of carbonyl (C=O) groups excluding carboxylic acids is 1. The molecule has 7 atom stereocenters. The van der Waals surface area contributed by atoms with E-state index < -0.39 is 22.9 Å². The molecule has 35 heavy (non-hydrogen) atoms. The molecule has 182 valence electrons. The number of rotatable bonds is 3. The van der Waals surface area contributed by atoms with Gasteiger partial charge in [-0.15, -0.1) is 0 Å². The highest BCUT2D eigenvalue weighted by Crippen LogP contribution is 2.70. The van der Waals surface area contributed by atoms with Crippen LogP contribution in [0, 0.1) is 18.7 Å². The second kappa shape index (κ2) is 6.37. The fraction of sp³-hybridized carbons (Fsp3) is 0.536. The van der Waals surface area contributed by atoms with Gasteiger partial charge in [0.15, 0.2) is 11.5 Å². The lowest BCUT2D eigenvalue weighted by atomic mass is 9.57. The number of piperidine rings is 1. The van der Waals surface area contributed by atoms with Crippen molar-refractivity contribution in [2.75, 3.05) is 6.54 Å². The summed E-state index contributed by atoms with van der Waals surface area (Å²) in [5.41, 5.74) is 1.52. The summed E-state index contributed by atoms with van der Waals surface area (Å²) >= 11 is 0. The Morgan fingerprint density at radius 2 is 2.00 bits per heavy atom. The lowest BCUT2D eigenvalue weighted by Gasteiger charge is -2.53. The van der Waals surface area contributed by atoms with Crippen molar-refractivity contribution in [3.05, 3.63) is 58.4 Å². The maximum absolute atomic E-state index is 13.9. The van der Waals surface area contributed by atoms with Gasteiger partial charge in [-0.05, 0) is 74.3 Å². The number of nitrogens with zero attached hydrogens (tertiary/aromatic N) is 2.